The van der Waals surface area contributed by atoms with Gasteiger partial charge in [-0.3, -0.25) is 14.4 Å². The van der Waals surface area contributed by atoms with E-state index in [4.69, 9.17) is 23.7 Å². The van der Waals surface area contributed by atoms with Gasteiger partial charge in [0.25, 0.3) is 0 Å². The molecule has 2 aliphatic heterocycles. The van der Waals surface area contributed by atoms with Crippen LogP contribution in [0.1, 0.15) is 80.2 Å². The van der Waals surface area contributed by atoms with Crippen molar-refractivity contribution in [2.45, 2.75) is 141 Å². The second kappa shape index (κ2) is 18.9. The average Bonchev–Trinajstić information content (AvgIpc) is 3.11. The zero-order chi connectivity index (χ0) is 40.0. The molecule has 0 aliphatic carbocycles. The van der Waals surface area contributed by atoms with Crippen LogP contribution in [0.25, 0.3) is 0 Å². The molecule has 53 heavy (non-hydrogen) atoms. The fraction of sp³-hybridized carbons (Fsp3) is 0.769. The van der Waals surface area contributed by atoms with Crippen molar-refractivity contribution in [1.82, 2.24) is 10.2 Å². The summed E-state index contributed by atoms with van der Waals surface area (Å²) in [7, 11) is 5.18. The molecule has 14 heteroatoms. The van der Waals surface area contributed by atoms with Gasteiger partial charge in [0, 0.05) is 37.5 Å². The molecule has 2 fully saturated rings. The van der Waals surface area contributed by atoms with E-state index in [9.17, 15) is 34.1 Å². The van der Waals surface area contributed by atoms with Gasteiger partial charge in [-0.2, -0.15) is 0 Å². The van der Waals surface area contributed by atoms with Crippen molar-refractivity contribution < 1.29 is 57.8 Å². The molecule has 3 rings (SSSR count). The number of ether oxygens (including phenoxy) is 5. The number of hydrogen-bond donors (Lipinski definition) is 4. The summed E-state index contributed by atoms with van der Waals surface area (Å²) in [6, 6.07) is 5.37. The maximum absolute atomic E-state index is 14.0. The Labute approximate surface area is 313 Å². The highest BCUT2D eigenvalue weighted by molar-refractivity contribution is 5.83. The molecule has 2 saturated heterocycles. The van der Waals surface area contributed by atoms with E-state index < -0.39 is 96.0 Å². The minimum atomic E-state index is -1.99. The van der Waals surface area contributed by atoms with Crippen molar-refractivity contribution in [1.29, 1.82) is 0 Å². The number of halogens is 1. The number of aliphatic hydroxyl groups excluding tert-OH is 2. The van der Waals surface area contributed by atoms with E-state index in [-0.39, 0.29) is 37.3 Å². The van der Waals surface area contributed by atoms with Gasteiger partial charge in [-0.25, -0.2) is 4.39 Å². The second-order valence-corrected chi connectivity index (χ2v) is 15.8. The Balaban J connectivity index is 2.10. The van der Waals surface area contributed by atoms with Gasteiger partial charge in [0.2, 0.25) is 5.91 Å². The number of Topliss-reactive ketones (excluding diaryl/α,β-unsaturated/α-hetero) is 1. The van der Waals surface area contributed by atoms with Crippen LogP contribution in [-0.2, 0) is 44.6 Å². The summed E-state index contributed by atoms with van der Waals surface area (Å²) in [4.78, 5) is 42.9. The number of hydrogen-bond acceptors (Lipinski definition) is 12. The number of likely N-dealkylation sites (N-methyl/N-ethyl adjacent to an activating group) is 1. The number of carbonyl (C=O) groups is 3. The molecule has 0 aromatic heterocycles. The fourth-order valence-electron chi connectivity index (χ4n) is 7.90. The fourth-order valence-corrected chi connectivity index (χ4v) is 7.90. The Morgan fingerprint density at radius 3 is 2.25 bits per heavy atom. The molecule has 0 saturated carbocycles. The Bertz CT molecular complexity index is 1360. The largest absolute Gasteiger partial charge is 0.459 e. The lowest BCUT2D eigenvalue weighted by molar-refractivity contribution is -0.302. The van der Waals surface area contributed by atoms with Gasteiger partial charge in [-0.1, -0.05) is 39.8 Å². The van der Waals surface area contributed by atoms with Crippen LogP contribution in [0, 0.1) is 29.5 Å². The lowest BCUT2D eigenvalue weighted by atomic mass is 9.74. The molecular weight excluding hydrogens is 691 g/mol. The maximum Gasteiger partial charge on any atom is 0.311 e. The number of benzene rings is 1. The number of cyclic esters (lactones) is 1. The van der Waals surface area contributed by atoms with E-state index in [2.05, 4.69) is 5.32 Å². The van der Waals surface area contributed by atoms with Gasteiger partial charge < -0.3 is 49.2 Å². The summed E-state index contributed by atoms with van der Waals surface area (Å²) in [6.07, 6.45) is -6.62. The number of rotatable bonds is 10. The highest BCUT2D eigenvalue weighted by atomic mass is 19.1. The number of nitrogens with zero attached hydrogens (tertiary/aromatic N) is 1. The van der Waals surface area contributed by atoms with Crippen molar-refractivity contribution in [2.24, 2.45) is 23.7 Å². The van der Waals surface area contributed by atoms with Crippen LogP contribution in [0.2, 0.25) is 0 Å². The Kier molecular flexibility index (Phi) is 15.9. The van der Waals surface area contributed by atoms with Gasteiger partial charge in [-0.15, -0.1) is 0 Å². The molecule has 302 valence electrons. The van der Waals surface area contributed by atoms with Crippen molar-refractivity contribution >= 4 is 17.7 Å². The normalized spacial score (nSPS) is 39.3. The van der Waals surface area contributed by atoms with Crippen LogP contribution in [0.4, 0.5) is 4.39 Å². The van der Waals surface area contributed by atoms with E-state index in [0.717, 1.165) is 0 Å². The number of ketones is 1. The minimum Gasteiger partial charge on any atom is -0.459 e. The topological polar surface area (TPSA) is 173 Å². The van der Waals surface area contributed by atoms with Crippen molar-refractivity contribution in [3.05, 3.63) is 35.6 Å². The van der Waals surface area contributed by atoms with Crippen molar-refractivity contribution in [3.63, 3.8) is 0 Å². The van der Waals surface area contributed by atoms with Crippen LogP contribution in [0.3, 0.4) is 0 Å². The van der Waals surface area contributed by atoms with Gasteiger partial charge in [0.15, 0.2) is 6.29 Å². The molecule has 0 spiro atoms. The lowest BCUT2D eigenvalue weighted by Gasteiger charge is -2.48. The van der Waals surface area contributed by atoms with Crippen LogP contribution >= 0.6 is 0 Å². The first-order valence-electron chi connectivity index (χ1n) is 18.7. The summed E-state index contributed by atoms with van der Waals surface area (Å²) >= 11 is 0. The quantitative estimate of drug-likeness (QED) is 0.258. The van der Waals surface area contributed by atoms with Gasteiger partial charge in [-0.05, 0) is 78.7 Å². The molecular formula is C39H63FN2O11. The summed E-state index contributed by atoms with van der Waals surface area (Å²) in [5, 5.41) is 37.2. The molecule has 13 nitrogen and oxygen atoms in total. The van der Waals surface area contributed by atoms with E-state index in [0.29, 0.717) is 12.0 Å². The molecule has 1 aromatic carbocycles. The molecule has 14 atom stereocenters. The molecule has 2 heterocycles. The van der Waals surface area contributed by atoms with Crippen LogP contribution in [0.5, 0.6) is 0 Å². The highest BCUT2D eigenvalue weighted by Gasteiger charge is 2.52. The van der Waals surface area contributed by atoms with E-state index >= 15 is 0 Å². The first kappa shape index (κ1) is 44.8. The maximum atomic E-state index is 14.0. The van der Waals surface area contributed by atoms with E-state index in [1.807, 2.05) is 25.9 Å². The highest BCUT2D eigenvalue weighted by Crippen LogP contribution is 2.40. The minimum absolute atomic E-state index is 0.0763. The van der Waals surface area contributed by atoms with E-state index in [1.54, 1.807) is 46.8 Å². The van der Waals surface area contributed by atoms with Gasteiger partial charge >= 0.3 is 5.97 Å². The summed E-state index contributed by atoms with van der Waals surface area (Å²) < 4.78 is 44.6. The number of aliphatic hydroxyl groups is 3. The number of amides is 1. The molecule has 0 bridgehead atoms. The number of nitrogens with one attached hydrogen (secondary N) is 1. The van der Waals surface area contributed by atoms with Crippen molar-refractivity contribution in [2.75, 3.05) is 27.8 Å². The summed E-state index contributed by atoms with van der Waals surface area (Å²) in [5.74, 6) is -5.62. The second-order valence-electron chi connectivity index (χ2n) is 15.8. The van der Waals surface area contributed by atoms with Crippen molar-refractivity contribution in [3.8, 4) is 0 Å². The molecule has 2 aliphatic rings. The zero-order valence-corrected chi connectivity index (χ0v) is 33.2. The summed E-state index contributed by atoms with van der Waals surface area (Å²) in [6.45, 7) is 12.9. The van der Waals surface area contributed by atoms with Gasteiger partial charge in [0.05, 0.1) is 35.9 Å². The van der Waals surface area contributed by atoms with E-state index in [1.165, 1.54) is 33.1 Å². The Morgan fingerprint density at radius 2 is 1.68 bits per heavy atom. The number of esters is 1. The predicted molar refractivity (Wildman–Crippen MR) is 194 cm³/mol. The van der Waals surface area contributed by atoms with Crippen LogP contribution in [0.15, 0.2) is 24.3 Å². The zero-order valence-electron chi connectivity index (χ0n) is 33.2. The predicted octanol–water partition coefficient (Wildman–Crippen LogP) is 2.99. The standard InChI is InChI=1S/C39H63FN2O11/c1-12-29-39(8,48)34(46)23(4)31(44)21(2)18-38(7,49-11)35(53-37-32(45)28(42(9)10)17-22(3)51-37)24(5)33(25(6)36(47)52-29)50-20-30(43)41-19-26-13-15-27(40)16-14-26/h13-16,21-25,28-29,32-35,37,45-46,48H,12,17-20H2,1-11H3,(H,41,43)/t21-,22-,23+,24+,25-,28+,29-,32-,33+,34-,35-,37+,38+,39-/m1/s1. The monoisotopic (exact) mass is 754 g/mol. The van der Waals surface area contributed by atoms with Crippen LogP contribution < -0.4 is 5.32 Å². The van der Waals surface area contributed by atoms with Crippen LogP contribution in [-0.4, -0.2) is 126 Å². The Hall–Kier alpha value is -2.56. The molecule has 0 unspecified atom stereocenters. The first-order valence-corrected chi connectivity index (χ1v) is 18.7. The lowest BCUT2D eigenvalue weighted by Crippen LogP contribution is -2.60. The third-order valence-electron chi connectivity index (χ3n) is 11.3. The Morgan fingerprint density at radius 1 is 1.06 bits per heavy atom. The smallest absolute Gasteiger partial charge is 0.311 e. The SMILES string of the molecule is CC[C@H]1OC(=O)[C@H](C)[C@@H](OCC(=O)NCc2ccc(F)cc2)[C@H](C)[C@@H](O[C@@H]2O[C@H](C)C[C@H](N(C)C)[C@H]2O)[C@@](C)(OC)C[C@@H](C)C(=O)[C@H](C)[C@@H](O)[C@]1(C)O. The first-order chi connectivity index (χ1) is 24.7. The third kappa shape index (κ3) is 10.8. The molecule has 0 radical (unpaired) electrons. The molecule has 4 N–H and O–H groups in total. The molecule has 1 aromatic rings. The molecule has 1 amide bonds. The average molecular weight is 755 g/mol. The van der Waals surface area contributed by atoms with Gasteiger partial charge in [0.1, 0.15) is 36.0 Å². The third-order valence-corrected chi connectivity index (χ3v) is 11.3. The number of carbonyl (C=O) groups excluding carboxylic acids is 3. The summed E-state index contributed by atoms with van der Waals surface area (Å²) in [5.41, 5.74) is -2.61. The number of methoxy groups -OCH3 is 1.